The predicted octanol–water partition coefficient (Wildman–Crippen LogP) is -1.83. The van der Waals surface area contributed by atoms with Gasteiger partial charge in [0.15, 0.2) is 0 Å². The minimum atomic E-state index is -0.940. The summed E-state index contributed by atoms with van der Waals surface area (Å²) in [4.78, 5) is 9.23. The topological polar surface area (TPSA) is 79.4 Å². The SMILES string of the molecule is [N-]=[NH+]C(N)=O. The molecule has 2 amide bonds. The van der Waals surface area contributed by atoms with Crippen LogP contribution in [-0.4, -0.2) is 6.03 Å². The molecule has 0 saturated heterocycles. The molecule has 0 aliphatic heterocycles. The number of amides is 2. The van der Waals surface area contributed by atoms with E-state index in [0.717, 1.165) is 0 Å². The van der Waals surface area contributed by atoms with Gasteiger partial charge in [0.25, 0.3) is 0 Å². The van der Waals surface area contributed by atoms with E-state index in [1.165, 1.54) is 5.11 Å². The molecule has 0 spiro atoms. The molecule has 4 heteroatoms. The lowest BCUT2D eigenvalue weighted by Gasteiger charge is -1.68. The van der Waals surface area contributed by atoms with Gasteiger partial charge in [-0.2, -0.15) is 4.79 Å². The highest BCUT2D eigenvalue weighted by Gasteiger charge is 1.76. The van der Waals surface area contributed by atoms with Crippen LogP contribution in [0.15, 0.2) is 0 Å². The van der Waals surface area contributed by atoms with Gasteiger partial charge in [-0.15, -0.1) is 0 Å². The van der Waals surface area contributed by atoms with Crippen molar-refractivity contribution in [1.29, 1.82) is 0 Å². The van der Waals surface area contributed by atoms with E-state index in [-0.39, 0.29) is 0 Å². The molecule has 0 aliphatic rings. The normalized spacial score (nSPS) is 6.40. The average Bonchev–Trinajstić information content (AvgIpc) is 1.38. The van der Waals surface area contributed by atoms with Gasteiger partial charge in [-0.05, 0) is 0 Å². The Kier molecular flexibility index (Phi) is 1.14. The van der Waals surface area contributed by atoms with Gasteiger partial charge in [0, 0.05) is 0 Å². The summed E-state index contributed by atoms with van der Waals surface area (Å²) in [6.07, 6.45) is 0. The van der Waals surface area contributed by atoms with Crippen molar-refractivity contribution in [3.63, 3.8) is 0 Å². The third kappa shape index (κ3) is 3.07. The Bertz CT molecular complexity index is 57.9. The summed E-state index contributed by atoms with van der Waals surface area (Å²) in [5.74, 6) is 0. The first kappa shape index (κ1) is 4.07. The molecule has 0 aromatic heterocycles. The third-order valence-electron chi connectivity index (χ3n) is 0.110. The van der Waals surface area contributed by atoms with Crippen molar-refractivity contribution < 1.29 is 9.91 Å². The minimum Gasteiger partial charge on any atom is -0.611 e. The Morgan fingerprint density at radius 3 is 2.20 bits per heavy atom. The molecule has 0 heterocycles. The molecule has 0 atom stereocenters. The predicted molar refractivity (Wildman–Crippen MR) is 13.9 cm³/mol. The van der Waals surface area contributed by atoms with Crippen molar-refractivity contribution in [2.45, 2.75) is 0 Å². The second-order valence-corrected chi connectivity index (χ2v) is 0.476. The summed E-state index contributed by atoms with van der Waals surface area (Å²) >= 11 is 0. The Morgan fingerprint density at radius 1 is 2.00 bits per heavy atom. The number of nitrogens with zero attached hydrogens (tertiary/aromatic N) is 1. The molecule has 0 radical (unpaired) electrons. The van der Waals surface area contributed by atoms with Crippen LogP contribution in [0.3, 0.4) is 0 Å². The first-order chi connectivity index (χ1) is 2.27. The molecule has 0 unspecified atom stereocenters. The fourth-order valence-corrected chi connectivity index (χ4v) is 0. The number of primary amides is 1. The molecule has 4 nitrogen and oxygen atoms in total. The second kappa shape index (κ2) is 1.40. The van der Waals surface area contributed by atoms with Crippen LogP contribution in [0.25, 0.3) is 5.53 Å². The van der Waals surface area contributed by atoms with Crippen molar-refractivity contribution in [1.82, 2.24) is 0 Å². The van der Waals surface area contributed by atoms with E-state index in [9.17, 15) is 4.79 Å². The maximum absolute atomic E-state index is 9.23. The van der Waals surface area contributed by atoms with E-state index < -0.39 is 6.03 Å². The molecular weight excluding hydrogens is 70.0 g/mol. The van der Waals surface area contributed by atoms with E-state index in [1.54, 1.807) is 0 Å². The standard InChI is InChI=1S/CH3N3O/c2-1(5)4-3/h4H,(H2,2,5). The number of rotatable bonds is 0. The highest BCUT2D eigenvalue weighted by atomic mass is 16.2. The van der Waals surface area contributed by atoms with Crippen molar-refractivity contribution in [3.8, 4) is 0 Å². The number of carbonyl (C=O) groups excluding carboxylic acids is 1. The summed E-state index contributed by atoms with van der Waals surface area (Å²) in [5, 5.41) is 1.17. The molecule has 0 bridgehead atoms. The van der Waals surface area contributed by atoms with E-state index in [2.05, 4.69) is 5.73 Å². The summed E-state index contributed by atoms with van der Waals surface area (Å²) in [7, 11) is 0. The molecule has 0 aromatic carbocycles. The highest BCUT2D eigenvalue weighted by molar-refractivity contribution is 5.59. The quantitative estimate of drug-likeness (QED) is 0.325. The molecule has 0 fully saturated rings. The Hall–Kier alpha value is -0.930. The maximum Gasteiger partial charge on any atom is 0.471 e. The average molecular weight is 73.1 g/mol. The lowest BCUT2D eigenvalue weighted by molar-refractivity contribution is -0.365. The number of nitrogens with one attached hydrogen (secondary N) is 1. The van der Waals surface area contributed by atoms with Gasteiger partial charge >= 0.3 is 6.03 Å². The van der Waals surface area contributed by atoms with Gasteiger partial charge < -0.3 is 10.6 Å². The van der Waals surface area contributed by atoms with Gasteiger partial charge in [0.05, 0.1) is 0 Å². The fraction of sp³-hybridized carbons (Fsp3) is 0. The number of hydrogen-bond donors (Lipinski definition) is 2. The molecule has 0 aromatic rings. The van der Waals surface area contributed by atoms with Gasteiger partial charge in [-0.3, -0.25) is 5.73 Å². The van der Waals surface area contributed by atoms with Gasteiger partial charge in [0.1, 0.15) is 0 Å². The van der Waals surface area contributed by atoms with E-state index in [4.69, 9.17) is 5.53 Å². The van der Waals surface area contributed by atoms with Crippen molar-refractivity contribution >= 4 is 6.03 Å². The first-order valence-electron chi connectivity index (χ1n) is 0.966. The molecule has 0 rings (SSSR count). The van der Waals surface area contributed by atoms with Crippen LogP contribution in [0, 0.1) is 0 Å². The molecule has 28 valence electrons. The van der Waals surface area contributed by atoms with Crippen LogP contribution in [0.1, 0.15) is 0 Å². The van der Waals surface area contributed by atoms with Crippen molar-refractivity contribution in [3.05, 3.63) is 5.53 Å². The molecule has 3 N–H and O–H groups in total. The van der Waals surface area contributed by atoms with E-state index in [1.807, 2.05) is 0 Å². The van der Waals surface area contributed by atoms with Gasteiger partial charge in [-0.25, -0.2) is 0 Å². The van der Waals surface area contributed by atoms with Crippen molar-refractivity contribution in [2.24, 2.45) is 5.73 Å². The Labute approximate surface area is 28.5 Å². The minimum absolute atomic E-state index is 0.940. The lowest BCUT2D eigenvalue weighted by atomic mass is 11.2. The second-order valence-electron chi connectivity index (χ2n) is 0.476. The van der Waals surface area contributed by atoms with Crippen LogP contribution in [0.5, 0.6) is 0 Å². The largest absolute Gasteiger partial charge is 0.611 e. The number of hydrogen-bond acceptors (Lipinski definition) is 1. The monoisotopic (exact) mass is 73.0 g/mol. The summed E-state index contributed by atoms with van der Waals surface area (Å²) in [5.41, 5.74) is 11.7. The summed E-state index contributed by atoms with van der Waals surface area (Å²) in [6.45, 7) is 0. The Morgan fingerprint density at radius 2 is 2.20 bits per heavy atom. The number of nitrogens with two attached hydrogens (primary N) is 1. The fourth-order valence-electron chi connectivity index (χ4n) is 0. The lowest BCUT2D eigenvalue weighted by Crippen LogP contribution is -2.71. The zero-order valence-electron chi connectivity index (χ0n) is 2.43. The summed E-state index contributed by atoms with van der Waals surface area (Å²) < 4.78 is 0. The third-order valence-corrected chi connectivity index (χ3v) is 0.110. The summed E-state index contributed by atoms with van der Waals surface area (Å²) in [6, 6.07) is -0.940. The number of carbonyl (C=O) groups is 1. The van der Waals surface area contributed by atoms with Crippen LogP contribution in [-0.2, 0) is 0 Å². The molecule has 5 heavy (non-hydrogen) atoms. The van der Waals surface area contributed by atoms with Gasteiger partial charge in [-0.1, -0.05) is 0 Å². The molecular formula is CH3N3O. The van der Waals surface area contributed by atoms with E-state index >= 15 is 0 Å². The molecule has 0 aliphatic carbocycles. The van der Waals surface area contributed by atoms with Crippen molar-refractivity contribution in [2.75, 3.05) is 0 Å². The van der Waals surface area contributed by atoms with Crippen LogP contribution in [0.2, 0.25) is 0 Å². The van der Waals surface area contributed by atoms with Gasteiger partial charge in [0.2, 0.25) is 0 Å². The highest BCUT2D eigenvalue weighted by Crippen LogP contribution is 1.22. The molecule has 0 saturated carbocycles. The maximum atomic E-state index is 9.23. The smallest absolute Gasteiger partial charge is 0.471 e. The number of urea groups is 1. The van der Waals surface area contributed by atoms with Crippen LogP contribution in [0.4, 0.5) is 4.79 Å². The first-order valence-corrected chi connectivity index (χ1v) is 0.966. The zero-order chi connectivity index (χ0) is 4.28. The Balaban J connectivity index is 3.20. The van der Waals surface area contributed by atoms with Crippen LogP contribution >= 0.6 is 0 Å². The van der Waals surface area contributed by atoms with E-state index in [0.29, 0.717) is 0 Å². The van der Waals surface area contributed by atoms with Crippen LogP contribution < -0.4 is 10.8 Å². The zero-order valence-corrected chi connectivity index (χ0v) is 2.43.